The third kappa shape index (κ3) is 5.39. The summed E-state index contributed by atoms with van der Waals surface area (Å²) in [5.74, 6) is 0.462. The van der Waals surface area contributed by atoms with E-state index in [1.807, 2.05) is 36.9 Å². The largest absolute Gasteiger partial charge is 0.335 e. The van der Waals surface area contributed by atoms with Crippen molar-refractivity contribution in [1.82, 2.24) is 24.8 Å². The number of benzene rings is 2. The molecule has 1 aliphatic rings. The molecule has 0 unspecified atom stereocenters. The Kier molecular flexibility index (Phi) is 6.83. The number of hydrogen-bond acceptors (Lipinski definition) is 7. The number of anilines is 2. The minimum absolute atomic E-state index is 0.0359. The Labute approximate surface area is 209 Å². The summed E-state index contributed by atoms with van der Waals surface area (Å²) in [5, 5.41) is 5.55. The lowest BCUT2D eigenvalue weighted by molar-refractivity contribution is 0.0592. The highest BCUT2D eigenvalue weighted by Gasteiger charge is 2.29. The van der Waals surface area contributed by atoms with E-state index < -0.39 is 0 Å². The highest BCUT2D eigenvalue weighted by atomic mass is 32.1. The Morgan fingerprint density at radius 3 is 2.00 bits per heavy atom. The van der Waals surface area contributed by atoms with E-state index in [0.717, 1.165) is 24.5 Å². The molecule has 35 heavy (non-hydrogen) atoms. The maximum atomic E-state index is 13.2. The summed E-state index contributed by atoms with van der Waals surface area (Å²) in [7, 11) is 0. The van der Waals surface area contributed by atoms with Crippen molar-refractivity contribution < 1.29 is 4.79 Å². The number of carbonyl (C=O) groups excluding carboxylic acids is 1. The number of carbonyl (C=O) groups is 1. The van der Waals surface area contributed by atoms with Crippen LogP contribution < -0.4 is 5.32 Å². The number of nitrogens with zero attached hydrogens (tertiary/aromatic N) is 5. The summed E-state index contributed by atoms with van der Waals surface area (Å²) in [6.07, 6.45) is 0. The zero-order chi connectivity index (χ0) is 24.2. The molecule has 2 aromatic heterocycles. The van der Waals surface area contributed by atoms with Crippen LogP contribution in [0.2, 0.25) is 0 Å². The Morgan fingerprint density at radius 2 is 1.43 bits per heavy atom. The second-order valence-corrected chi connectivity index (χ2v) is 9.55. The monoisotopic (exact) mass is 484 g/mol. The third-order valence-electron chi connectivity index (χ3n) is 6.12. The lowest BCUT2D eigenvalue weighted by Gasteiger charge is -2.39. The first-order chi connectivity index (χ1) is 17.1. The van der Waals surface area contributed by atoms with E-state index >= 15 is 0 Å². The van der Waals surface area contributed by atoms with E-state index in [9.17, 15) is 4.79 Å². The molecule has 0 atom stereocenters. The number of rotatable bonds is 6. The van der Waals surface area contributed by atoms with E-state index in [4.69, 9.17) is 0 Å². The van der Waals surface area contributed by atoms with Crippen LogP contribution >= 0.6 is 11.3 Å². The van der Waals surface area contributed by atoms with E-state index in [2.05, 4.69) is 73.7 Å². The van der Waals surface area contributed by atoms with Gasteiger partial charge in [-0.05, 0) is 31.0 Å². The van der Waals surface area contributed by atoms with Crippen molar-refractivity contribution in [3.05, 3.63) is 100 Å². The number of nitrogens with one attached hydrogen (secondary N) is 1. The fourth-order valence-electron chi connectivity index (χ4n) is 4.54. The van der Waals surface area contributed by atoms with Crippen molar-refractivity contribution in [2.45, 2.75) is 19.9 Å². The smallest absolute Gasteiger partial charge is 0.273 e. The molecule has 0 bridgehead atoms. The number of amides is 1. The van der Waals surface area contributed by atoms with Gasteiger partial charge in [0.05, 0.1) is 6.04 Å². The van der Waals surface area contributed by atoms with Crippen LogP contribution in [0.3, 0.4) is 0 Å². The van der Waals surface area contributed by atoms with Gasteiger partial charge in [-0.1, -0.05) is 60.7 Å². The van der Waals surface area contributed by atoms with E-state index in [1.165, 1.54) is 22.5 Å². The molecule has 0 radical (unpaired) electrons. The van der Waals surface area contributed by atoms with Crippen molar-refractivity contribution in [3.8, 4) is 0 Å². The molecule has 4 aromatic rings. The average Bonchev–Trinajstić information content (AvgIpc) is 3.33. The van der Waals surface area contributed by atoms with Crippen molar-refractivity contribution in [2.24, 2.45) is 0 Å². The van der Waals surface area contributed by atoms with Crippen LogP contribution in [0.25, 0.3) is 0 Å². The van der Waals surface area contributed by atoms with Crippen molar-refractivity contribution in [2.75, 3.05) is 31.5 Å². The van der Waals surface area contributed by atoms with Crippen LogP contribution in [0.4, 0.5) is 11.1 Å². The second-order valence-electron chi connectivity index (χ2n) is 8.69. The number of aryl methyl sites for hydroxylation is 2. The standard InChI is InChI=1S/C27H28N6OS/c1-19-17-20(2)29-26(28-19)31-27-30-23(18-35-27)25(34)33-15-13-32(14-16-33)24(21-9-5-3-6-10-21)22-11-7-4-8-12-22/h3-12,17-18,24H,13-16H2,1-2H3,(H,28,29,30,31). The van der Waals surface area contributed by atoms with Gasteiger partial charge in [0.15, 0.2) is 5.13 Å². The normalized spacial score (nSPS) is 14.3. The van der Waals surface area contributed by atoms with Gasteiger partial charge in [0, 0.05) is 42.9 Å². The summed E-state index contributed by atoms with van der Waals surface area (Å²) in [5.41, 5.74) is 4.76. The summed E-state index contributed by atoms with van der Waals surface area (Å²) >= 11 is 1.39. The molecule has 1 saturated heterocycles. The molecule has 8 heteroatoms. The van der Waals surface area contributed by atoms with Crippen LogP contribution in [-0.2, 0) is 0 Å². The second kappa shape index (κ2) is 10.3. The number of hydrogen-bond donors (Lipinski definition) is 1. The van der Waals surface area contributed by atoms with Crippen molar-refractivity contribution in [1.29, 1.82) is 0 Å². The fraction of sp³-hybridized carbons (Fsp3) is 0.259. The van der Waals surface area contributed by atoms with E-state index in [-0.39, 0.29) is 11.9 Å². The molecule has 2 aromatic carbocycles. The van der Waals surface area contributed by atoms with Crippen molar-refractivity contribution in [3.63, 3.8) is 0 Å². The zero-order valence-electron chi connectivity index (χ0n) is 19.9. The Hall–Kier alpha value is -3.62. The predicted octanol–water partition coefficient (Wildman–Crippen LogP) is 4.84. The number of piperazine rings is 1. The molecule has 1 fully saturated rings. The predicted molar refractivity (Wildman–Crippen MR) is 139 cm³/mol. The van der Waals surface area contributed by atoms with Gasteiger partial charge in [-0.15, -0.1) is 11.3 Å². The topological polar surface area (TPSA) is 74.2 Å². The molecule has 5 rings (SSSR count). The highest BCUT2D eigenvalue weighted by molar-refractivity contribution is 7.14. The van der Waals surface area contributed by atoms with Gasteiger partial charge >= 0.3 is 0 Å². The van der Waals surface area contributed by atoms with Crippen LogP contribution in [0.15, 0.2) is 72.1 Å². The van der Waals surface area contributed by atoms with Gasteiger partial charge in [-0.2, -0.15) is 0 Å². The SMILES string of the molecule is Cc1cc(C)nc(Nc2nc(C(=O)N3CCN(C(c4ccccc4)c4ccccc4)CC3)cs2)n1. The molecule has 0 aliphatic carbocycles. The van der Waals surface area contributed by atoms with Crippen LogP contribution in [0.1, 0.15) is 39.0 Å². The minimum Gasteiger partial charge on any atom is -0.335 e. The summed E-state index contributed by atoms with van der Waals surface area (Å²) in [4.78, 5) is 30.8. The van der Waals surface area contributed by atoms with E-state index in [1.54, 1.807) is 5.38 Å². The van der Waals surface area contributed by atoms with Gasteiger partial charge in [0.1, 0.15) is 5.69 Å². The molecule has 1 aliphatic heterocycles. The Balaban J connectivity index is 1.26. The quantitative estimate of drug-likeness (QED) is 0.422. The van der Waals surface area contributed by atoms with Gasteiger partial charge in [0.25, 0.3) is 5.91 Å². The molecule has 3 heterocycles. The summed E-state index contributed by atoms with van der Waals surface area (Å²) in [6, 6.07) is 23.2. The number of aromatic nitrogens is 3. The first-order valence-corrected chi connectivity index (χ1v) is 12.6. The van der Waals surface area contributed by atoms with Crippen LogP contribution in [0, 0.1) is 13.8 Å². The van der Waals surface area contributed by atoms with Gasteiger partial charge in [0.2, 0.25) is 5.95 Å². The van der Waals surface area contributed by atoms with Gasteiger partial charge in [-0.25, -0.2) is 15.0 Å². The fourth-order valence-corrected chi connectivity index (χ4v) is 5.21. The maximum absolute atomic E-state index is 13.2. The minimum atomic E-state index is -0.0359. The van der Waals surface area contributed by atoms with Crippen LogP contribution in [-0.4, -0.2) is 56.8 Å². The van der Waals surface area contributed by atoms with E-state index in [0.29, 0.717) is 29.9 Å². The van der Waals surface area contributed by atoms with Gasteiger partial charge in [-0.3, -0.25) is 9.69 Å². The molecule has 178 valence electrons. The number of thiazole rings is 1. The molecule has 1 N–H and O–H groups in total. The third-order valence-corrected chi connectivity index (χ3v) is 6.88. The zero-order valence-corrected chi connectivity index (χ0v) is 20.7. The molecular formula is C27H28N6OS. The highest BCUT2D eigenvalue weighted by Crippen LogP contribution is 2.30. The molecule has 0 saturated carbocycles. The lowest BCUT2D eigenvalue weighted by atomic mass is 9.96. The summed E-state index contributed by atoms with van der Waals surface area (Å²) in [6.45, 7) is 6.77. The summed E-state index contributed by atoms with van der Waals surface area (Å²) < 4.78 is 0. The first-order valence-electron chi connectivity index (χ1n) is 11.7. The first kappa shape index (κ1) is 23.1. The van der Waals surface area contributed by atoms with Crippen molar-refractivity contribution >= 4 is 28.3 Å². The molecule has 1 amide bonds. The van der Waals surface area contributed by atoms with Crippen LogP contribution in [0.5, 0.6) is 0 Å². The van der Waals surface area contributed by atoms with Gasteiger partial charge < -0.3 is 10.2 Å². The average molecular weight is 485 g/mol. The molecule has 0 spiro atoms. The molecular weight excluding hydrogens is 456 g/mol. The maximum Gasteiger partial charge on any atom is 0.273 e. The lowest BCUT2D eigenvalue weighted by Crippen LogP contribution is -2.50. The molecule has 7 nitrogen and oxygen atoms in total. The Morgan fingerprint density at radius 1 is 0.857 bits per heavy atom. The Bertz CT molecular complexity index is 1230.